The molecule has 5 N–H and O–H groups in total. The van der Waals surface area contributed by atoms with Gasteiger partial charge < -0.3 is 26.6 Å². The van der Waals surface area contributed by atoms with Gasteiger partial charge in [-0.1, -0.05) is 91.0 Å². The molecule has 2 atom stereocenters. The fourth-order valence-electron chi connectivity index (χ4n) is 4.76. The molecule has 3 aromatic rings. The smallest absolute Gasteiger partial charge is 0.246 e. The maximum absolute atomic E-state index is 14.2. The van der Waals surface area contributed by atoms with Crippen LogP contribution in [0.5, 0.6) is 0 Å². The van der Waals surface area contributed by atoms with Crippen molar-refractivity contribution < 1.29 is 14.4 Å². The Balaban J connectivity index is 1.91. The van der Waals surface area contributed by atoms with Crippen LogP contribution in [0.3, 0.4) is 0 Å². The van der Waals surface area contributed by atoms with Crippen LogP contribution in [0.4, 0.5) is 0 Å². The highest BCUT2D eigenvalue weighted by Gasteiger charge is 2.34. The average molecular weight is 584 g/mol. The third-order valence-electron chi connectivity index (χ3n) is 7.33. The summed E-state index contributed by atoms with van der Waals surface area (Å²) >= 11 is 0. The molecule has 0 unspecified atom stereocenters. The zero-order chi connectivity index (χ0) is 31.4. The molecule has 3 rings (SSSR count). The molecule has 0 radical (unpaired) electrons. The zero-order valence-electron chi connectivity index (χ0n) is 25.7. The molecule has 0 aliphatic carbocycles. The van der Waals surface area contributed by atoms with Crippen LogP contribution < -0.4 is 16.8 Å². The Morgan fingerprint density at radius 3 is 1.91 bits per heavy atom. The summed E-state index contributed by atoms with van der Waals surface area (Å²) in [6.45, 7) is 4.35. The van der Waals surface area contributed by atoms with Crippen LogP contribution in [-0.4, -0.2) is 72.3 Å². The number of nitrogens with zero attached hydrogens (tertiary/aromatic N) is 2. The van der Waals surface area contributed by atoms with E-state index in [-0.39, 0.29) is 30.7 Å². The number of nitrogens with two attached hydrogens (primary N) is 2. The second kappa shape index (κ2) is 15.8. The molecule has 0 saturated carbocycles. The van der Waals surface area contributed by atoms with Crippen molar-refractivity contribution in [3.8, 4) is 11.1 Å². The zero-order valence-corrected chi connectivity index (χ0v) is 25.7. The van der Waals surface area contributed by atoms with Crippen molar-refractivity contribution in [1.82, 2.24) is 15.1 Å². The largest absolute Gasteiger partial charge is 0.353 e. The Morgan fingerprint density at radius 2 is 1.33 bits per heavy atom. The first-order chi connectivity index (χ1) is 20.5. The summed E-state index contributed by atoms with van der Waals surface area (Å²) in [5, 5.41) is 2.83. The number of hydrogen-bond donors (Lipinski definition) is 3. The Labute approximate surface area is 255 Å². The van der Waals surface area contributed by atoms with Gasteiger partial charge in [0.05, 0.1) is 0 Å². The summed E-state index contributed by atoms with van der Waals surface area (Å²) in [6, 6.07) is 25.9. The van der Waals surface area contributed by atoms with E-state index in [1.165, 1.54) is 15.9 Å². The quantitative estimate of drug-likeness (QED) is 0.251. The lowest BCUT2D eigenvalue weighted by molar-refractivity contribution is -0.146. The normalized spacial score (nSPS) is 12.9. The van der Waals surface area contributed by atoms with Gasteiger partial charge in [-0.15, -0.1) is 0 Å². The number of carbonyl (C=O) groups is 3. The van der Waals surface area contributed by atoms with E-state index in [1.807, 2.05) is 98.8 Å². The standard InChI is InChI=1S/C35H45N5O3/c1-35(2,37)21-11-16-32(41)39(3)31(25-27-17-19-29(20-18-27)28-14-9-6-10-15-28)34(43)40(4)30(33(42)38-23-22-36)24-26-12-7-5-8-13-26/h5-20,30-31H,21-25,36-37H2,1-4H3,(H,38,42)/b16-11-/t30-,31-/m0/s1. The van der Waals surface area contributed by atoms with Crippen LogP contribution in [0.2, 0.25) is 0 Å². The lowest BCUT2D eigenvalue weighted by Crippen LogP contribution is -2.56. The SMILES string of the molecule is CN(C(=O)/C=C\CC(C)(C)N)[C@@H](Cc1ccc(-c2ccccc2)cc1)C(=O)N(C)[C@@H](Cc1ccccc1)C(=O)NCCN. The molecule has 0 bridgehead atoms. The third kappa shape index (κ3) is 10.2. The van der Waals surface area contributed by atoms with Crippen LogP contribution in [0.15, 0.2) is 97.1 Å². The highest BCUT2D eigenvalue weighted by Crippen LogP contribution is 2.21. The Bertz CT molecular complexity index is 1350. The second-order valence-electron chi connectivity index (χ2n) is 11.6. The van der Waals surface area contributed by atoms with Gasteiger partial charge in [-0.2, -0.15) is 0 Å². The molecule has 3 amide bonds. The molecular formula is C35H45N5O3. The van der Waals surface area contributed by atoms with Crippen molar-refractivity contribution >= 4 is 17.7 Å². The minimum Gasteiger partial charge on any atom is -0.353 e. The van der Waals surface area contributed by atoms with E-state index in [4.69, 9.17) is 11.5 Å². The van der Waals surface area contributed by atoms with E-state index < -0.39 is 17.6 Å². The number of carbonyl (C=O) groups excluding carboxylic acids is 3. The number of nitrogens with one attached hydrogen (secondary N) is 1. The van der Waals surface area contributed by atoms with Crippen LogP contribution in [0.1, 0.15) is 31.4 Å². The first-order valence-corrected chi connectivity index (χ1v) is 14.6. The number of amides is 3. The maximum Gasteiger partial charge on any atom is 0.246 e. The van der Waals surface area contributed by atoms with Gasteiger partial charge in [0.15, 0.2) is 0 Å². The van der Waals surface area contributed by atoms with E-state index in [2.05, 4.69) is 5.32 Å². The fraction of sp³-hybridized carbons (Fsp3) is 0.343. The molecule has 8 heteroatoms. The molecule has 0 saturated heterocycles. The average Bonchev–Trinajstić information content (AvgIpc) is 3.01. The Kier molecular flexibility index (Phi) is 12.2. The number of rotatable bonds is 14. The minimum atomic E-state index is -0.851. The van der Waals surface area contributed by atoms with Gasteiger partial charge in [0.1, 0.15) is 12.1 Å². The molecule has 0 aromatic heterocycles. The van der Waals surface area contributed by atoms with E-state index in [0.29, 0.717) is 19.4 Å². The van der Waals surface area contributed by atoms with Crippen LogP contribution in [0.25, 0.3) is 11.1 Å². The summed E-state index contributed by atoms with van der Waals surface area (Å²) < 4.78 is 0. The van der Waals surface area contributed by atoms with Crippen LogP contribution in [-0.2, 0) is 27.2 Å². The Hall–Kier alpha value is -4.27. The lowest BCUT2D eigenvalue weighted by Gasteiger charge is -2.34. The molecule has 0 aliphatic heterocycles. The first-order valence-electron chi connectivity index (χ1n) is 14.6. The molecular weight excluding hydrogens is 538 g/mol. The summed E-state index contributed by atoms with van der Waals surface area (Å²) in [7, 11) is 3.24. The highest BCUT2D eigenvalue weighted by atomic mass is 16.2. The van der Waals surface area contributed by atoms with Crippen molar-refractivity contribution in [1.29, 1.82) is 0 Å². The molecule has 0 fully saturated rings. The van der Waals surface area contributed by atoms with Gasteiger partial charge in [-0.25, -0.2) is 0 Å². The van der Waals surface area contributed by atoms with Crippen molar-refractivity contribution in [3.05, 3.63) is 108 Å². The van der Waals surface area contributed by atoms with Gasteiger partial charge in [0.2, 0.25) is 17.7 Å². The minimum absolute atomic E-state index is 0.277. The third-order valence-corrected chi connectivity index (χ3v) is 7.33. The summed E-state index contributed by atoms with van der Waals surface area (Å²) in [5.74, 6) is -0.946. The molecule has 3 aromatic carbocycles. The second-order valence-corrected chi connectivity index (χ2v) is 11.6. The summed E-state index contributed by atoms with van der Waals surface area (Å²) in [5.41, 5.74) is 15.2. The van der Waals surface area contributed by atoms with Crippen molar-refractivity contribution in [3.63, 3.8) is 0 Å². The van der Waals surface area contributed by atoms with E-state index in [9.17, 15) is 14.4 Å². The molecule has 43 heavy (non-hydrogen) atoms. The maximum atomic E-state index is 14.2. The number of benzene rings is 3. The van der Waals surface area contributed by atoms with Crippen molar-refractivity contribution in [2.45, 2.75) is 50.7 Å². The molecule has 228 valence electrons. The van der Waals surface area contributed by atoms with E-state index in [0.717, 1.165) is 22.3 Å². The number of hydrogen-bond acceptors (Lipinski definition) is 5. The van der Waals surface area contributed by atoms with Gasteiger partial charge in [0.25, 0.3) is 0 Å². The van der Waals surface area contributed by atoms with Crippen molar-refractivity contribution in [2.24, 2.45) is 11.5 Å². The van der Waals surface area contributed by atoms with Gasteiger partial charge >= 0.3 is 0 Å². The van der Waals surface area contributed by atoms with Crippen LogP contribution in [0, 0.1) is 0 Å². The number of likely N-dealkylation sites (N-methyl/N-ethyl adjacent to an activating group) is 2. The predicted octanol–water partition coefficient (Wildman–Crippen LogP) is 3.55. The first kappa shape index (κ1) is 33.2. The van der Waals surface area contributed by atoms with Crippen LogP contribution >= 0.6 is 0 Å². The van der Waals surface area contributed by atoms with Gasteiger partial charge in [0, 0.05) is 45.6 Å². The molecule has 0 aliphatic rings. The monoisotopic (exact) mass is 583 g/mol. The van der Waals surface area contributed by atoms with Gasteiger partial charge in [-0.05, 0) is 48.6 Å². The molecule has 0 spiro atoms. The van der Waals surface area contributed by atoms with Gasteiger partial charge in [-0.3, -0.25) is 14.4 Å². The molecule has 8 nitrogen and oxygen atoms in total. The predicted molar refractivity (Wildman–Crippen MR) is 173 cm³/mol. The van der Waals surface area contributed by atoms with E-state index >= 15 is 0 Å². The van der Waals surface area contributed by atoms with Crippen molar-refractivity contribution in [2.75, 3.05) is 27.2 Å². The summed E-state index contributed by atoms with van der Waals surface area (Å²) in [4.78, 5) is 43.7. The Morgan fingerprint density at radius 1 is 0.791 bits per heavy atom. The highest BCUT2D eigenvalue weighted by molar-refractivity contribution is 5.95. The molecule has 0 heterocycles. The summed E-state index contributed by atoms with van der Waals surface area (Å²) in [6.07, 6.45) is 4.30. The topological polar surface area (TPSA) is 122 Å². The van der Waals surface area contributed by atoms with E-state index in [1.54, 1.807) is 20.2 Å². The fourth-order valence-corrected chi connectivity index (χ4v) is 4.76. The lowest BCUT2D eigenvalue weighted by atomic mass is 9.98.